The van der Waals surface area contributed by atoms with Gasteiger partial charge in [-0.25, -0.2) is 0 Å². The van der Waals surface area contributed by atoms with Crippen LogP contribution in [0.15, 0.2) is 35.2 Å². The first-order chi connectivity index (χ1) is 8.66. The van der Waals surface area contributed by atoms with E-state index < -0.39 is 0 Å². The van der Waals surface area contributed by atoms with Gasteiger partial charge in [-0.15, -0.1) is 0 Å². The molecule has 0 radical (unpaired) electrons. The molecule has 1 amide bonds. The number of hydrogen-bond donors (Lipinski definition) is 1. The second-order valence-electron chi connectivity index (χ2n) is 3.97. The molecule has 0 aromatic carbocycles. The predicted octanol–water partition coefficient (Wildman–Crippen LogP) is 1.38. The minimum Gasteiger partial charge on any atom is -0.379 e. The molecular formula is C12H14N4O2. The van der Waals surface area contributed by atoms with Crippen LogP contribution in [0.25, 0.3) is 0 Å². The van der Waals surface area contributed by atoms with Gasteiger partial charge in [0.1, 0.15) is 17.7 Å². The molecule has 6 nitrogen and oxygen atoms in total. The molecule has 0 aliphatic carbocycles. The molecule has 0 aliphatic heterocycles. The van der Waals surface area contributed by atoms with Crippen molar-refractivity contribution in [3.05, 3.63) is 42.0 Å². The molecule has 2 heterocycles. The summed E-state index contributed by atoms with van der Waals surface area (Å²) in [4.78, 5) is 17.3. The zero-order valence-electron chi connectivity index (χ0n) is 10.3. The summed E-state index contributed by atoms with van der Waals surface area (Å²) < 4.78 is 4.73. The van der Waals surface area contributed by atoms with Crippen LogP contribution in [0, 0.1) is 0 Å². The highest BCUT2D eigenvalue weighted by molar-refractivity contribution is 5.92. The average molecular weight is 246 g/mol. The van der Waals surface area contributed by atoms with E-state index >= 15 is 0 Å². The van der Waals surface area contributed by atoms with Crippen LogP contribution < -0.4 is 5.32 Å². The number of nitrogens with zero attached hydrogens (tertiary/aromatic N) is 3. The second-order valence-corrected chi connectivity index (χ2v) is 3.97. The molecule has 2 rings (SSSR count). The first kappa shape index (κ1) is 12.1. The largest absolute Gasteiger partial charge is 0.379 e. The van der Waals surface area contributed by atoms with Gasteiger partial charge < -0.3 is 14.7 Å². The molecule has 0 bridgehead atoms. The van der Waals surface area contributed by atoms with Crippen molar-refractivity contribution in [3.8, 4) is 0 Å². The lowest BCUT2D eigenvalue weighted by molar-refractivity contribution is 0.0822. The fourth-order valence-corrected chi connectivity index (χ4v) is 1.41. The molecule has 1 N–H and O–H groups in total. The quantitative estimate of drug-likeness (QED) is 0.882. The van der Waals surface area contributed by atoms with Crippen molar-refractivity contribution in [3.63, 3.8) is 0 Å². The average Bonchev–Trinajstić information content (AvgIpc) is 2.89. The highest BCUT2D eigenvalue weighted by atomic mass is 16.5. The van der Waals surface area contributed by atoms with E-state index in [1.807, 2.05) is 0 Å². The van der Waals surface area contributed by atoms with Crippen molar-refractivity contribution < 1.29 is 9.32 Å². The fourth-order valence-electron chi connectivity index (χ4n) is 1.41. The monoisotopic (exact) mass is 246 g/mol. The molecule has 0 fully saturated rings. The Hall–Kier alpha value is -2.37. The number of nitrogens with one attached hydrogen (secondary N) is 1. The van der Waals surface area contributed by atoms with Crippen molar-refractivity contribution in [1.29, 1.82) is 0 Å². The Bertz CT molecular complexity index is 523. The van der Waals surface area contributed by atoms with E-state index in [4.69, 9.17) is 4.52 Å². The van der Waals surface area contributed by atoms with Crippen LogP contribution >= 0.6 is 0 Å². The fraction of sp³-hybridized carbons (Fsp3) is 0.250. The maximum Gasteiger partial charge on any atom is 0.272 e. The maximum absolute atomic E-state index is 11.7. The zero-order chi connectivity index (χ0) is 13.0. The summed E-state index contributed by atoms with van der Waals surface area (Å²) >= 11 is 0. The normalized spacial score (nSPS) is 10.1. The number of hydrogen-bond acceptors (Lipinski definition) is 5. The number of carbonyl (C=O) groups excluding carboxylic acids is 1. The van der Waals surface area contributed by atoms with Crippen LogP contribution in [-0.2, 0) is 6.54 Å². The van der Waals surface area contributed by atoms with E-state index in [2.05, 4.69) is 15.5 Å². The number of pyridine rings is 1. The first-order valence-corrected chi connectivity index (χ1v) is 5.47. The SMILES string of the molecule is CN(C)C(=O)c1cc(NCc2ccon2)ccn1. The van der Waals surface area contributed by atoms with Gasteiger partial charge in [0.2, 0.25) is 0 Å². The molecular weight excluding hydrogens is 232 g/mol. The van der Waals surface area contributed by atoms with E-state index in [9.17, 15) is 4.79 Å². The summed E-state index contributed by atoms with van der Waals surface area (Å²) in [6.45, 7) is 0.538. The highest BCUT2D eigenvalue weighted by Gasteiger charge is 2.09. The molecule has 0 atom stereocenters. The minimum absolute atomic E-state index is 0.125. The third-order valence-electron chi connectivity index (χ3n) is 2.35. The third-order valence-corrected chi connectivity index (χ3v) is 2.35. The molecule has 0 saturated carbocycles. The lowest BCUT2D eigenvalue weighted by Gasteiger charge is -2.10. The Kier molecular flexibility index (Phi) is 3.57. The zero-order valence-corrected chi connectivity index (χ0v) is 10.3. The molecule has 0 spiro atoms. The second kappa shape index (κ2) is 5.31. The predicted molar refractivity (Wildman–Crippen MR) is 66.1 cm³/mol. The number of amides is 1. The Balaban J connectivity index is 2.05. The molecule has 6 heteroatoms. The van der Waals surface area contributed by atoms with Gasteiger partial charge in [0.05, 0.1) is 6.54 Å². The molecule has 2 aromatic heterocycles. The third kappa shape index (κ3) is 2.85. The van der Waals surface area contributed by atoms with E-state index in [-0.39, 0.29) is 5.91 Å². The van der Waals surface area contributed by atoms with E-state index in [1.54, 1.807) is 38.5 Å². The van der Waals surface area contributed by atoms with Crippen LogP contribution in [0.2, 0.25) is 0 Å². The molecule has 0 unspecified atom stereocenters. The van der Waals surface area contributed by atoms with Crippen molar-refractivity contribution in [2.24, 2.45) is 0 Å². The van der Waals surface area contributed by atoms with Crippen molar-refractivity contribution in [1.82, 2.24) is 15.0 Å². The first-order valence-electron chi connectivity index (χ1n) is 5.47. The topological polar surface area (TPSA) is 71.3 Å². The van der Waals surface area contributed by atoms with Gasteiger partial charge in [-0.2, -0.15) is 0 Å². The van der Waals surface area contributed by atoms with E-state index in [0.717, 1.165) is 11.4 Å². The maximum atomic E-state index is 11.7. The van der Waals surface area contributed by atoms with Crippen LogP contribution in [0.4, 0.5) is 5.69 Å². The molecule has 0 saturated heterocycles. The molecule has 2 aromatic rings. The summed E-state index contributed by atoms with van der Waals surface area (Å²) in [5.41, 5.74) is 2.02. The van der Waals surface area contributed by atoms with Crippen LogP contribution in [0.1, 0.15) is 16.2 Å². The van der Waals surface area contributed by atoms with Crippen molar-refractivity contribution in [2.45, 2.75) is 6.54 Å². The van der Waals surface area contributed by atoms with Gasteiger partial charge in [-0.1, -0.05) is 5.16 Å². The Morgan fingerprint density at radius 1 is 1.44 bits per heavy atom. The van der Waals surface area contributed by atoms with Gasteiger partial charge in [0.25, 0.3) is 5.91 Å². The Morgan fingerprint density at radius 2 is 2.28 bits per heavy atom. The molecule has 18 heavy (non-hydrogen) atoms. The molecule has 0 aliphatic rings. The van der Waals surface area contributed by atoms with Gasteiger partial charge >= 0.3 is 0 Å². The Labute approximate surface area is 105 Å². The minimum atomic E-state index is -0.125. The number of anilines is 1. The van der Waals surface area contributed by atoms with Crippen molar-refractivity contribution in [2.75, 3.05) is 19.4 Å². The Morgan fingerprint density at radius 3 is 2.94 bits per heavy atom. The number of carbonyl (C=O) groups is 1. The lowest BCUT2D eigenvalue weighted by atomic mass is 10.3. The smallest absolute Gasteiger partial charge is 0.272 e. The van der Waals surface area contributed by atoms with E-state index in [1.165, 1.54) is 11.2 Å². The van der Waals surface area contributed by atoms with Gasteiger partial charge in [0, 0.05) is 32.0 Å². The van der Waals surface area contributed by atoms with Gasteiger partial charge in [-0.05, 0) is 12.1 Å². The van der Waals surface area contributed by atoms with Gasteiger partial charge in [0.15, 0.2) is 0 Å². The van der Waals surface area contributed by atoms with Crippen LogP contribution in [0.5, 0.6) is 0 Å². The summed E-state index contributed by atoms with van der Waals surface area (Å²) in [7, 11) is 3.39. The standard InChI is InChI=1S/C12H14N4O2/c1-16(2)12(17)11-7-9(3-5-13-11)14-8-10-4-6-18-15-10/h3-7H,8H2,1-2H3,(H,13,14). The summed E-state index contributed by atoms with van der Waals surface area (Å²) in [6.07, 6.45) is 3.12. The van der Waals surface area contributed by atoms with E-state index in [0.29, 0.717) is 12.2 Å². The van der Waals surface area contributed by atoms with Crippen LogP contribution in [0.3, 0.4) is 0 Å². The summed E-state index contributed by atoms with van der Waals surface area (Å²) in [5.74, 6) is -0.125. The van der Waals surface area contributed by atoms with Crippen molar-refractivity contribution >= 4 is 11.6 Å². The van der Waals surface area contributed by atoms with Crippen LogP contribution in [-0.4, -0.2) is 35.0 Å². The van der Waals surface area contributed by atoms with Gasteiger partial charge in [-0.3, -0.25) is 9.78 Å². The highest BCUT2D eigenvalue weighted by Crippen LogP contribution is 2.10. The summed E-state index contributed by atoms with van der Waals surface area (Å²) in [5, 5.41) is 6.94. The lowest BCUT2D eigenvalue weighted by Crippen LogP contribution is -2.22. The summed E-state index contributed by atoms with van der Waals surface area (Å²) in [6, 6.07) is 5.29. The number of aromatic nitrogens is 2. The molecule has 94 valence electrons. The number of rotatable bonds is 4.